The second kappa shape index (κ2) is 5.10. The monoisotopic (exact) mass is 348 g/mol. The molecule has 8 heteroatoms. The quantitative estimate of drug-likeness (QED) is 0.711. The summed E-state index contributed by atoms with van der Waals surface area (Å²) in [4.78, 5) is 9.06. The number of hydrogen-bond acceptors (Lipinski definition) is 6. The lowest BCUT2D eigenvalue weighted by Gasteiger charge is -2.10. The van der Waals surface area contributed by atoms with Crippen LogP contribution in [0.3, 0.4) is 0 Å². The highest BCUT2D eigenvalue weighted by molar-refractivity contribution is 7.91. The number of nitrogens with zero attached hydrogens (tertiary/aromatic N) is 4. The van der Waals surface area contributed by atoms with Crippen LogP contribution in [-0.2, 0) is 9.84 Å². The Morgan fingerprint density at radius 2 is 2.13 bits per heavy atom. The third-order valence-corrected chi connectivity index (χ3v) is 6.62. The second-order valence-electron chi connectivity index (χ2n) is 5.98. The highest BCUT2D eigenvalue weighted by Crippen LogP contribution is 2.31. The lowest BCUT2D eigenvalue weighted by Crippen LogP contribution is -2.13. The van der Waals surface area contributed by atoms with Gasteiger partial charge in [-0.05, 0) is 31.9 Å². The van der Waals surface area contributed by atoms with Gasteiger partial charge in [0.05, 0.1) is 40.1 Å². The van der Waals surface area contributed by atoms with Crippen LogP contribution in [0.25, 0.3) is 22.4 Å². The minimum absolute atomic E-state index is 0.131. The van der Waals surface area contributed by atoms with Crippen molar-refractivity contribution in [1.82, 2.24) is 19.7 Å². The van der Waals surface area contributed by atoms with Crippen LogP contribution in [0.1, 0.15) is 23.7 Å². The number of sulfone groups is 1. The van der Waals surface area contributed by atoms with Crippen LogP contribution in [0.5, 0.6) is 0 Å². The summed E-state index contributed by atoms with van der Waals surface area (Å²) in [6.45, 7) is 3.98. The van der Waals surface area contributed by atoms with Crippen molar-refractivity contribution in [2.24, 2.45) is 0 Å². The van der Waals surface area contributed by atoms with Crippen molar-refractivity contribution in [3.8, 4) is 11.4 Å². The van der Waals surface area contributed by atoms with Gasteiger partial charge in [-0.15, -0.1) is 11.3 Å². The van der Waals surface area contributed by atoms with Gasteiger partial charge in [0.25, 0.3) is 0 Å². The van der Waals surface area contributed by atoms with Crippen molar-refractivity contribution >= 4 is 32.2 Å². The molecule has 120 valence electrons. The molecule has 0 saturated carbocycles. The Hall–Kier alpha value is -1.80. The molecule has 1 aliphatic heterocycles. The highest BCUT2D eigenvalue weighted by atomic mass is 32.2. The smallest absolute Gasteiger partial charge is 0.159 e. The first-order valence-electron chi connectivity index (χ1n) is 7.40. The largest absolute Gasteiger partial charge is 0.243 e. The van der Waals surface area contributed by atoms with Crippen molar-refractivity contribution < 1.29 is 8.42 Å². The zero-order valence-corrected chi connectivity index (χ0v) is 14.5. The van der Waals surface area contributed by atoms with Crippen molar-refractivity contribution in [3.63, 3.8) is 0 Å². The Morgan fingerprint density at radius 1 is 1.30 bits per heavy atom. The molecular weight excluding hydrogens is 332 g/mol. The summed E-state index contributed by atoms with van der Waals surface area (Å²) in [6.07, 6.45) is 0.597. The Labute approximate surface area is 138 Å². The number of aromatic nitrogens is 4. The van der Waals surface area contributed by atoms with Crippen LogP contribution < -0.4 is 0 Å². The van der Waals surface area contributed by atoms with E-state index in [1.165, 1.54) is 11.3 Å². The number of fused-ring (bicyclic) bond motifs is 1. The minimum atomic E-state index is -2.97. The maximum Gasteiger partial charge on any atom is 0.159 e. The molecule has 4 heterocycles. The standard InChI is InChI=1S/C15H16N4O2S2/c1-9-5-12(13-6-22-8-16-13)17-15-14(9)10(2)18-19(15)11-3-4-23(20,21)7-11/h5-6,8,11H,3-4,7H2,1-2H3. The van der Waals surface area contributed by atoms with Crippen LogP contribution >= 0.6 is 11.3 Å². The summed E-state index contributed by atoms with van der Waals surface area (Å²) in [5, 5.41) is 7.56. The first-order chi connectivity index (χ1) is 10.9. The van der Waals surface area contributed by atoms with E-state index in [0.29, 0.717) is 6.42 Å². The molecule has 0 aliphatic carbocycles. The van der Waals surface area contributed by atoms with Crippen LogP contribution in [0.4, 0.5) is 0 Å². The van der Waals surface area contributed by atoms with E-state index >= 15 is 0 Å². The normalized spacial score (nSPS) is 20.3. The summed E-state index contributed by atoms with van der Waals surface area (Å²) >= 11 is 1.53. The Kier molecular flexibility index (Phi) is 3.28. The van der Waals surface area contributed by atoms with E-state index in [-0.39, 0.29) is 17.5 Å². The van der Waals surface area contributed by atoms with Crippen molar-refractivity contribution in [3.05, 3.63) is 28.2 Å². The van der Waals surface area contributed by atoms with Crippen LogP contribution in [0.2, 0.25) is 0 Å². The maximum atomic E-state index is 11.8. The Balaban J connectivity index is 1.92. The Morgan fingerprint density at radius 3 is 2.78 bits per heavy atom. The van der Waals surface area contributed by atoms with Crippen LogP contribution in [0, 0.1) is 13.8 Å². The third-order valence-electron chi connectivity index (χ3n) is 4.28. The van der Waals surface area contributed by atoms with Gasteiger partial charge in [0.15, 0.2) is 15.5 Å². The number of thiazole rings is 1. The molecule has 23 heavy (non-hydrogen) atoms. The van der Waals surface area contributed by atoms with E-state index in [2.05, 4.69) is 10.1 Å². The summed E-state index contributed by atoms with van der Waals surface area (Å²) in [5.74, 6) is 0.369. The van der Waals surface area contributed by atoms with E-state index in [1.54, 1.807) is 10.2 Å². The first kappa shape index (κ1) is 14.8. The third kappa shape index (κ3) is 2.46. The van der Waals surface area contributed by atoms with Crippen LogP contribution in [-0.4, -0.2) is 39.7 Å². The number of hydrogen-bond donors (Lipinski definition) is 0. The first-order valence-corrected chi connectivity index (χ1v) is 10.2. The molecule has 0 radical (unpaired) electrons. The molecule has 1 unspecified atom stereocenters. The zero-order chi connectivity index (χ0) is 16.2. The van der Waals surface area contributed by atoms with E-state index in [0.717, 1.165) is 33.7 Å². The molecule has 3 aromatic heterocycles. The highest BCUT2D eigenvalue weighted by Gasteiger charge is 2.31. The van der Waals surface area contributed by atoms with E-state index in [4.69, 9.17) is 4.98 Å². The molecule has 6 nitrogen and oxygen atoms in total. The molecular formula is C15H16N4O2S2. The second-order valence-corrected chi connectivity index (χ2v) is 8.93. The average Bonchev–Trinajstić information content (AvgIpc) is 3.18. The number of rotatable bonds is 2. The maximum absolute atomic E-state index is 11.8. The van der Waals surface area contributed by atoms with Gasteiger partial charge in [0.2, 0.25) is 0 Å². The average molecular weight is 348 g/mol. The fourth-order valence-electron chi connectivity index (χ4n) is 3.22. The SMILES string of the molecule is Cc1cc(-c2cscn2)nc2c1c(C)nn2C1CCS(=O)(=O)C1. The molecule has 0 aromatic carbocycles. The van der Waals surface area contributed by atoms with E-state index < -0.39 is 9.84 Å². The summed E-state index contributed by atoms with van der Waals surface area (Å²) < 4.78 is 25.4. The molecule has 0 amide bonds. The van der Waals surface area contributed by atoms with Gasteiger partial charge in [-0.1, -0.05) is 0 Å². The molecule has 1 saturated heterocycles. The molecule has 4 rings (SSSR count). The van der Waals surface area contributed by atoms with Gasteiger partial charge in [-0.3, -0.25) is 0 Å². The fourth-order valence-corrected chi connectivity index (χ4v) is 5.46. The topological polar surface area (TPSA) is 77.7 Å². The summed E-state index contributed by atoms with van der Waals surface area (Å²) in [7, 11) is -2.97. The van der Waals surface area contributed by atoms with E-state index in [9.17, 15) is 8.42 Å². The number of aryl methyl sites for hydroxylation is 2. The predicted molar refractivity (Wildman–Crippen MR) is 90.4 cm³/mol. The zero-order valence-electron chi connectivity index (χ0n) is 12.9. The summed E-state index contributed by atoms with van der Waals surface area (Å²) in [5.41, 5.74) is 6.15. The predicted octanol–water partition coefficient (Wildman–Crippen LogP) is 2.53. The van der Waals surface area contributed by atoms with Gasteiger partial charge in [0.1, 0.15) is 0 Å². The van der Waals surface area contributed by atoms with Gasteiger partial charge in [0, 0.05) is 10.8 Å². The van der Waals surface area contributed by atoms with Gasteiger partial charge < -0.3 is 0 Å². The summed E-state index contributed by atoms with van der Waals surface area (Å²) in [6, 6.07) is 1.88. The molecule has 1 fully saturated rings. The molecule has 3 aromatic rings. The lowest BCUT2D eigenvalue weighted by atomic mass is 10.1. The lowest BCUT2D eigenvalue weighted by molar-refractivity contribution is 0.509. The van der Waals surface area contributed by atoms with Gasteiger partial charge in [-0.2, -0.15) is 5.10 Å². The van der Waals surface area contributed by atoms with Crippen molar-refractivity contribution in [1.29, 1.82) is 0 Å². The molecule has 1 aliphatic rings. The fraction of sp³-hybridized carbons (Fsp3) is 0.400. The van der Waals surface area contributed by atoms with Crippen molar-refractivity contribution in [2.75, 3.05) is 11.5 Å². The molecule has 1 atom stereocenters. The van der Waals surface area contributed by atoms with Crippen molar-refractivity contribution in [2.45, 2.75) is 26.3 Å². The number of pyridine rings is 1. The molecule has 0 N–H and O–H groups in total. The Bertz CT molecular complexity index is 990. The van der Waals surface area contributed by atoms with E-state index in [1.807, 2.05) is 25.3 Å². The molecule has 0 bridgehead atoms. The van der Waals surface area contributed by atoms with Gasteiger partial charge >= 0.3 is 0 Å². The van der Waals surface area contributed by atoms with Gasteiger partial charge in [-0.25, -0.2) is 23.1 Å². The minimum Gasteiger partial charge on any atom is -0.243 e. The molecule has 0 spiro atoms. The van der Waals surface area contributed by atoms with Crippen LogP contribution in [0.15, 0.2) is 17.0 Å².